The van der Waals surface area contributed by atoms with Crippen molar-refractivity contribution in [3.8, 4) is 0 Å². The lowest BCUT2D eigenvalue weighted by atomic mass is 10.0. The van der Waals surface area contributed by atoms with Crippen molar-refractivity contribution in [3.05, 3.63) is 99.7 Å². The average Bonchev–Trinajstić information content (AvgIpc) is 2.78. The van der Waals surface area contributed by atoms with Gasteiger partial charge in [0.05, 0.1) is 16.7 Å². The molecule has 3 rings (SSSR count). The Morgan fingerprint density at radius 1 is 1.06 bits per heavy atom. The molecule has 0 spiro atoms. The number of carbonyl (C=O) groups excluding carboxylic acids is 2. The Balaban J connectivity index is 1.64. The number of nitrogens with zero attached hydrogens (tertiary/aromatic N) is 2. The third kappa shape index (κ3) is 5.37. The second kappa shape index (κ2) is 9.42. The van der Waals surface area contributed by atoms with Crippen LogP contribution in [0.1, 0.15) is 27.5 Å². The van der Waals surface area contributed by atoms with Gasteiger partial charge in [0.25, 0.3) is 11.6 Å². The molecule has 0 aliphatic carbocycles. The lowest BCUT2D eigenvalue weighted by Gasteiger charge is -2.10. The molecule has 9 nitrogen and oxygen atoms in total. The summed E-state index contributed by atoms with van der Waals surface area (Å²) in [6.07, 6.45) is 4.37. The monoisotopic (exact) mass is 417 g/mol. The van der Waals surface area contributed by atoms with Crippen LogP contribution >= 0.6 is 0 Å². The normalized spacial score (nSPS) is 11.8. The fourth-order valence-corrected chi connectivity index (χ4v) is 2.71. The number of amides is 1. The van der Waals surface area contributed by atoms with Gasteiger partial charge in [0.15, 0.2) is 5.78 Å². The van der Waals surface area contributed by atoms with E-state index in [0.29, 0.717) is 22.4 Å². The summed E-state index contributed by atoms with van der Waals surface area (Å²) in [7, 11) is 0. The molecule has 0 saturated carbocycles. The zero-order valence-electron chi connectivity index (χ0n) is 16.3. The highest BCUT2D eigenvalue weighted by atomic mass is 16.6. The molecule has 2 aromatic carbocycles. The maximum atomic E-state index is 12.4. The van der Waals surface area contributed by atoms with E-state index in [9.17, 15) is 19.7 Å². The Morgan fingerprint density at radius 3 is 2.35 bits per heavy atom. The minimum Gasteiger partial charge on any atom is -0.382 e. The molecule has 0 aliphatic rings. The number of nitrogens with one attached hydrogen (secondary N) is 1. The van der Waals surface area contributed by atoms with Gasteiger partial charge < -0.3 is 16.8 Å². The fourth-order valence-electron chi connectivity index (χ4n) is 2.71. The van der Waals surface area contributed by atoms with Crippen LogP contribution in [0.5, 0.6) is 0 Å². The number of benzene rings is 2. The maximum Gasteiger partial charge on any atom is 0.269 e. The minimum absolute atomic E-state index is 0.0319. The van der Waals surface area contributed by atoms with Crippen LogP contribution in [-0.4, -0.2) is 21.6 Å². The van der Waals surface area contributed by atoms with Gasteiger partial charge in [-0.2, -0.15) is 0 Å². The van der Waals surface area contributed by atoms with Crippen molar-refractivity contribution >= 4 is 35.0 Å². The van der Waals surface area contributed by atoms with Gasteiger partial charge in [-0.15, -0.1) is 0 Å². The van der Waals surface area contributed by atoms with Crippen molar-refractivity contribution in [1.29, 1.82) is 0 Å². The predicted octanol–water partition coefficient (Wildman–Crippen LogP) is 3.11. The molecule has 0 aliphatic heterocycles. The van der Waals surface area contributed by atoms with Gasteiger partial charge >= 0.3 is 0 Å². The number of nitro groups is 1. The number of hydrogen-bond donors (Lipinski definition) is 3. The molecule has 0 fully saturated rings. The molecular formula is C22H19N5O4. The number of pyridine rings is 1. The molecule has 1 unspecified atom stereocenters. The van der Waals surface area contributed by atoms with Crippen LogP contribution in [-0.2, 0) is 4.79 Å². The number of aromatic nitrogens is 1. The lowest BCUT2D eigenvalue weighted by molar-refractivity contribution is -0.384. The van der Waals surface area contributed by atoms with E-state index < -0.39 is 11.0 Å². The van der Waals surface area contributed by atoms with Gasteiger partial charge in [-0.1, -0.05) is 18.2 Å². The molecule has 1 amide bonds. The third-order valence-corrected chi connectivity index (χ3v) is 4.47. The summed E-state index contributed by atoms with van der Waals surface area (Å²) < 4.78 is 0. The van der Waals surface area contributed by atoms with E-state index >= 15 is 0 Å². The van der Waals surface area contributed by atoms with Crippen LogP contribution < -0.4 is 16.8 Å². The number of nitro benzene ring substituents is 1. The topological polar surface area (TPSA) is 154 Å². The second-order valence-electron chi connectivity index (χ2n) is 6.57. The Bertz CT molecular complexity index is 1140. The maximum absolute atomic E-state index is 12.4. The number of anilines is 2. The number of carbonyl (C=O) groups is 2. The Labute approximate surface area is 177 Å². The molecule has 0 saturated heterocycles. The van der Waals surface area contributed by atoms with Gasteiger partial charge in [-0.05, 0) is 53.6 Å². The summed E-state index contributed by atoms with van der Waals surface area (Å²) in [6.45, 7) is 0. The van der Waals surface area contributed by atoms with Gasteiger partial charge in [0, 0.05) is 23.9 Å². The summed E-state index contributed by atoms with van der Waals surface area (Å²) in [5.41, 5.74) is 13.6. The molecular weight excluding hydrogens is 398 g/mol. The number of hydrogen-bond acceptors (Lipinski definition) is 7. The zero-order chi connectivity index (χ0) is 22.4. The van der Waals surface area contributed by atoms with Crippen LogP contribution in [0.25, 0.3) is 6.08 Å². The van der Waals surface area contributed by atoms with Crippen molar-refractivity contribution in [2.75, 3.05) is 11.1 Å². The summed E-state index contributed by atoms with van der Waals surface area (Å²) in [5.74, 6) is -0.511. The molecule has 0 radical (unpaired) electrons. The number of nitrogen functional groups attached to an aromatic ring is 1. The standard InChI is InChI=1S/C22H19N5O4/c23-20(19(28)12-5-14-3-10-17(11-4-14)27(30)31)15-6-8-16(9-7-15)22(29)26-18-2-1-13-25-21(18)24/h1-13,20H,23H2,(H2,24,25)(H,26,29). The smallest absolute Gasteiger partial charge is 0.269 e. The first-order valence-electron chi connectivity index (χ1n) is 9.19. The number of nitrogens with two attached hydrogens (primary N) is 2. The third-order valence-electron chi connectivity index (χ3n) is 4.47. The minimum atomic E-state index is -0.916. The first-order chi connectivity index (χ1) is 14.8. The van der Waals surface area contributed by atoms with Gasteiger partial charge in [0.2, 0.25) is 0 Å². The highest BCUT2D eigenvalue weighted by Gasteiger charge is 2.15. The summed E-state index contributed by atoms with van der Waals surface area (Å²) in [4.78, 5) is 38.8. The van der Waals surface area contributed by atoms with Crippen LogP contribution in [0, 0.1) is 10.1 Å². The SMILES string of the molecule is Nc1ncccc1NC(=O)c1ccc(C(N)C(=O)C=Cc2ccc([N+](=O)[O-])cc2)cc1. The molecule has 5 N–H and O–H groups in total. The molecule has 156 valence electrons. The molecule has 0 bridgehead atoms. The summed E-state index contributed by atoms with van der Waals surface area (Å²) >= 11 is 0. The molecule has 31 heavy (non-hydrogen) atoms. The molecule has 1 aromatic heterocycles. The zero-order valence-corrected chi connectivity index (χ0v) is 16.3. The predicted molar refractivity (Wildman–Crippen MR) is 117 cm³/mol. The van der Waals surface area contributed by atoms with Crippen LogP contribution in [0.2, 0.25) is 0 Å². The lowest BCUT2D eigenvalue weighted by Crippen LogP contribution is -2.20. The highest BCUT2D eigenvalue weighted by Crippen LogP contribution is 2.18. The Morgan fingerprint density at radius 2 is 1.74 bits per heavy atom. The van der Waals surface area contributed by atoms with Crippen molar-refractivity contribution < 1.29 is 14.5 Å². The van der Waals surface area contributed by atoms with E-state index in [4.69, 9.17) is 11.5 Å². The molecule has 9 heteroatoms. The summed E-state index contributed by atoms with van der Waals surface area (Å²) in [5, 5.41) is 13.3. The van der Waals surface area contributed by atoms with Gasteiger partial charge in [-0.25, -0.2) is 4.98 Å². The van der Waals surface area contributed by atoms with Crippen molar-refractivity contribution in [2.45, 2.75) is 6.04 Å². The fraction of sp³-hybridized carbons (Fsp3) is 0.0455. The molecule has 1 atom stereocenters. The first kappa shape index (κ1) is 21.3. The second-order valence-corrected chi connectivity index (χ2v) is 6.57. The van der Waals surface area contributed by atoms with E-state index in [1.54, 1.807) is 36.4 Å². The van der Waals surface area contributed by atoms with Gasteiger partial charge in [0.1, 0.15) is 5.82 Å². The molecule has 1 heterocycles. The number of rotatable bonds is 7. The van der Waals surface area contributed by atoms with Gasteiger partial charge in [-0.3, -0.25) is 19.7 Å². The van der Waals surface area contributed by atoms with Crippen molar-refractivity contribution in [3.63, 3.8) is 0 Å². The van der Waals surface area contributed by atoms with Crippen molar-refractivity contribution in [2.24, 2.45) is 5.73 Å². The first-order valence-corrected chi connectivity index (χ1v) is 9.19. The van der Waals surface area contributed by atoms with Crippen LogP contribution in [0.3, 0.4) is 0 Å². The van der Waals surface area contributed by atoms with E-state index in [2.05, 4.69) is 10.3 Å². The van der Waals surface area contributed by atoms with Crippen LogP contribution in [0.4, 0.5) is 17.2 Å². The largest absolute Gasteiger partial charge is 0.382 e. The highest BCUT2D eigenvalue weighted by molar-refractivity contribution is 6.05. The van der Waals surface area contributed by atoms with E-state index in [0.717, 1.165) is 0 Å². The Kier molecular flexibility index (Phi) is 6.48. The number of ketones is 1. The van der Waals surface area contributed by atoms with E-state index in [1.807, 2.05) is 0 Å². The van der Waals surface area contributed by atoms with Crippen LogP contribution in [0.15, 0.2) is 72.9 Å². The molecule has 3 aromatic rings. The van der Waals surface area contributed by atoms with E-state index in [1.165, 1.54) is 42.6 Å². The number of non-ortho nitro benzene ring substituents is 1. The summed E-state index contributed by atoms with van der Waals surface area (Å²) in [6, 6.07) is 14.5. The quantitative estimate of drug-likeness (QED) is 0.303. The average molecular weight is 417 g/mol. The Hall–Kier alpha value is -4.37. The van der Waals surface area contributed by atoms with Crippen molar-refractivity contribution in [1.82, 2.24) is 4.98 Å². The van der Waals surface area contributed by atoms with E-state index in [-0.39, 0.29) is 23.2 Å².